The SMILES string of the molecule is C[C@@H](NC(=O)c1cccnc1)[C@](O)(Cn1ncnc1-c1ccc(Cl)cc1)c1ccc(F)cc1F. The molecule has 0 unspecified atom stereocenters. The van der Waals surface area contributed by atoms with Gasteiger partial charge in [-0.1, -0.05) is 17.7 Å². The number of aromatic nitrogens is 4. The van der Waals surface area contributed by atoms with Crippen molar-refractivity contribution in [2.24, 2.45) is 0 Å². The first-order valence-electron chi connectivity index (χ1n) is 10.3. The van der Waals surface area contributed by atoms with E-state index in [-0.39, 0.29) is 17.7 Å². The third kappa shape index (κ3) is 4.80. The van der Waals surface area contributed by atoms with Crippen LogP contribution in [0.15, 0.2) is 73.3 Å². The molecule has 2 atom stereocenters. The maximum absolute atomic E-state index is 14.9. The lowest BCUT2D eigenvalue weighted by Crippen LogP contribution is -2.52. The van der Waals surface area contributed by atoms with Crippen molar-refractivity contribution in [1.82, 2.24) is 25.1 Å². The number of halogens is 3. The first-order chi connectivity index (χ1) is 16.3. The summed E-state index contributed by atoms with van der Waals surface area (Å²) < 4.78 is 29.9. The number of nitrogens with zero attached hydrogens (tertiary/aromatic N) is 4. The monoisotopic (exact) mass is 483 g/mol. The van der Waals surface area contributed by atoms with Crippen LogP contribution in [-0.2, 0) is 12.1 Å². The van der Waals surface area contributed by atoms with E-state index in [1.54, 1.807) is 36.4 Å². The van der Waals surface area contributed by atoms with Gasteiger partial charge in [0.05, 0.1) is 18.2 Å². The number of carbonyl (C=O) groups is 1. The molecule has 0 radical (unpaired) electrons. The normalized spacial score (nSPS) is 13.8. The van der Waals surface area contributed by atoms with Crippen LogP contribution >= 0.6 is 11.6 Å². The van der Waals surface area contributed by atoms with Gasteiger partial charge in [0.2, 0.25) is 0 Å². The molecule has 2 heterocycles. The van der Waals surface area contributed by atoms with E-state index in [4.69, 9.17) is 11.6 Å². The highest BCUT2D eigenvalue weighted by Gasteiger charge is 2.40. The summed E-state index contributed by atoms with van der Waals surface area (Å²) >= 11 is 5.97. The molecule has 0 saturated heterocycles. The van der Waals surface area contributed by atoms with Crippen molar-refractivity contribution in [3.05, 3.63) is 101 Å². The molecular formula is C24H20ClF2N5O2. The minimum atomic E-state index is -2.02. The Balaban J connectivity index is 1.73. The van der Waals surface area contributed by atoms with E-state index in [1.165, 1.54) is 30.3 Å². The highest BCUT2D eigenvalue weighted by molar-refractivity contribution is 6.30. The van der Waals surface area contributed by atoms with Crippen molar-refractivity contribution >= 4 is 17.5 Å². The number of amides is 1. The predicted octanol–water partition coefficient (Wildman–Crippen LogP) is 3.98. The van der Waals surface area contributed by atoms with E-state index in [9.17, 15) is 18.7 Å². The molecule has 2 aromatic carbocycles. The topological polar surface area (TPSA) is 92.9 Å². The van der Waals surface area contributed by atoms with Gasteiger partial charge in [-0.25, -0.2) is 18.4 Å². The Morgan fingerprint density at radius 3 is 2.65 bits per heavy atom. The summed E-state index contributed by atoms with van der Waals surface area (Å²) in [5.74, 6) is -1.88. The standard InChI is InChI=1S/C24H20ClF2N5O2/c1-15(31-23(33)17-3-2-10-28-12-17)24(34,20-9-8-19(26)11-21(20)27)13-32-22(29-14-30-32)16-4-6-18(25)7-5-16/h2-12,14-15,34H,13H2,1H3,(H,31,33)/t15-,24-/m1/s1. The molecule has 0 aliphatic heterocycles. The van der Waals surface area contributed by atoms with Gasteiger partial charge < -0.3 is 10.4 Å². The van der Waals surface area contributed by atoms with Crippen molar-refractivity contribution in [2.45, 2.75) is 25.1 Å². The highest BCUT2D eigenvalue weighted by Crippen LogP contribution is 2.32. The molecule has 4 aromatic rings. The Hall–Kier alpha value is -3.69. The Morgan fingerprint density at radius 1 is 1.21 bits per heavy atom. The molecule has 174 valence electrons. The van der Waals surface area contributed by atoms with Crippen molar-refractivity contribution in [3.63, 3.8) is 0 Å². The summed E-state index contributed by atoms with van der Waals surface area (Å²) in [6, 6.07) is 11.8. The Labute approximate surface area is 199 Å². The van der Waals surface area contributed by atoms with Gasteiger partial charge in [0.25, 0.3) is 5.91 Å². The quantitative estimate of drug-likeness (QED) is 0.415. The highest BCUT2D eigenvalue weighted by atomic mass is 35.5. The fraction of sp³-hybridized carbons (Fsp3) is 0.167. The summed E-state index contributed by atoms with van der Waals surface area (Å²) in [5, 5.41) is 19.2. The number of carbonyl (C=O) groups excluding carboxylic acids is 1. The maximum atomic E-state index is 14.9. The Morgan fingerprint density at radius 2 is 1.97 bits per heavy atom. The van der Waals surface area contributed by atoms with Crippen LogP contribution in [0.4, 0.5) is 8.78 Å². The summed E-state index contributed by atoms with van der Waals surface area (Å²) in [5.41, 5.74) is -1.30. The second-order valence-corrected chi connectivity index (χ2v) is 8.17. The minimum absolute atomic E-state index is 0.203. The molecule has 1 amide bonds. The number of benzene rings is 2. The van der Waals surface area contributed by atoms with Crippen molar-refractivity contribution in [1.29, 1.82) is 0 Å². The van der Waals surface area contributed by atoms with Gasteiger partial charge in [0.15, 0.2) is 5.82 Å². The van der Waals surface area contributed by atoms with E-state index in [2.05, 4.69) is 20.4 Å². The van der Waals surface area contributed by atoms with Crippen LogP contribution in [0.1, 0.15) is 22.8 Å². The van der Waals surface area contributed by atoms with Crippen molar-refractivity contribution in [2.75, 3.05) is 0 Å². The fourth-order valence-electron chi connectivity index (χ4n) is 3.62. The molecule has 2 N–H and O–H groups in total. The zero-order valence-corrected chi connectivity index (χ0v) is 18.7. The molecule has 7 nitrogen and oxygen atoms in total. The number of hydrogen-bond donors (Lipinski definition) is 2. The molecular weight excluding hydrogens is 464 g/mol. The molecule has 2 aromatic heterocycles. The van der Waals surface area contributed by atoms with Gasteiger partial charge in [0.1, 0.15) is 23.6 Å². The summed E-state index contributed by atoms with van der Waals surface area (Å²) in [6.07, 6.45) is 4.19. The third-order valence-corrected chi connectivity index (χ3v) is 5.75. The molecule has 34 heavy (non-hydrogen) atoms. The lowest BCUT2D eigenvalue weighted by molar-refractivity contribution is -0.0181. The average molecular weight is 484 g/mol. The van der Waals surface area contributed by atoms with Crippen LogP contribution in [0, 0.1) is 11.6 Å². The number of aliphatic hydroxyl groups is 1. The van der Waals surface area contributed by atoms with Crippen LogP contribution in [-0.4, -0.2) is 36.8 Å². The number of hydrogen-bond acceptors (Lipinski definition) is 5. The fourth-order valence-corrected chi connectivity index (χ4v) is 3.75. The molecule has 0 fully saturated rings. The van der Waals surface area contributed by atoms with Gasteiger partial charge in [-0.3, -0.25) is 9.78 Å². The predicted molar refractivity (Wildman–Crippen MR) is 122 cm³/mol. The molecule has 4 rings (SSSR count). The van der Waals surface area contributed by atoms with Gasteiger partial charge >= 0.3 is 0 Å². The van der Waals surface area contributed by atoms with Crippen molar-refractivity contribution < 1.29 is 18.7 Å². The molecule has 0 aliphatic rings. The molecule has 10 heteroatoms. The van der Waals surface area contributed by atoms with Crippen LogP contribution in [0.2, 0.25) is 5.02 Å². The summed E-state index contributed by atoms with van der Waals surface area (Å²) in [4.78, 5) is 20.9. The van der Waals surface area contributed by atoms with E-state index < -0.39 is 29.2 Å². The van der Waals surface area contributed by atoms with Gasteiger partial charge in [-0.05, 0) is 49.4 Å². The second kappa shape index (κ2) is 9.66. The Kier molecular flexibility index (Phi) is 6.67. The van der Waals surface area contributed by atoms with Crippen LogP contribution in [0.3, 0.4) is 0 Å². The van der Waals surface area contributed by atoms with E-state index in [0.29, 0.717) is 22.5 Å². The number of pyridine rings is 1. The van der Waals surface area contributed by atoms with E-state index in [1.807, 2.05) is 0 Å². The zero-order chi connectivity index (χ0) is 24.3. The zero-order valence-electron chi connectivity index (χ0n) is 18.0. The lowest BCUT2D eigenvalue weighted by Gasteiger charge is -2.35. The molecule has 0 bridgehead atoms. The average Bonchev–Trinajstić information content (AvgIpc) is 3.27. The van der Waals surface area contributed by atoms with Gasteiger partial charge in [-0.2, -0.15) is 5.10 Å². The first kappa shape index (κ1) is 23.5. The largest absolute Gasteiger partial charge is 0.381 e. The maximum Gasteiger partial charge on any atom is 0.253 e. The summed E-state index contributed by atoms with van der Waals surface area (Å²) in [6.45, 7) is 1.23. The summed E-state index contributed by atoms with van der Waals surface area (Å²) in [7, 11) is 0. The Bertz CT molecular complexity index is 1300. The number of rotatable bonds is 7. The molecule has 0 spiro atoms. The third-order valence-electron chi connectivity index (χ3n) is 5.49. The smallest absolute Gasteiger partial charge is 0.253 e. The van der Waals surface area contributed by atoms with Gasteiger partial charge in [0, 0.05) is 34.6 Å². The van der Waals surface area contributed by atoms with E-state index >= 15 is 0 Å². The van der Waals surface area contributed by atoms with Crippen LogP contribution in [0.25, 0.3) is 11.4 Å². The van der Waals surface area contributed by atoms with Gasteiger partial charge in [-0.15, -0.1) is 0 Å². The van der Waals surface area contributed by atoms with Crippen LogP contribution < -0.4 is 5.32 Å². The first-order valence-corrected chi connectivity index (χ1v) is 10.7. The van der Waals surface area contributed by atoms with Crippen molar-refractivity contribution in [3.8, 4) is 11.4 Å². The molecule has 0 aliphatic carbocycles. The minimum Gasteiger partial charge on any atom is -0.381 e. The van der Waals surface area contributed by atoms with Crippen LogP contribution in [0.5, 0.6) is 0 Å². The number of nitrogens with one attached hydrogen (secondary N) is 1. The second-order valence-electron chi connectivity index (χ2n) is 7.73. The van der Waals surface area contributed by atoms with E-state index in [0.717, 1.165) is 12.1 Å². The molecule has 0 saturated carbocycles. The lowest BCUT2D eigenvalue weighted by atomic mass is 9.86.